The molecule has 0 amide bonds. The zero-order valence-electron chi connectivity index (χ0n) is 14.7. The minimum absolute atomic E-state index is 0.115. The van der Waals surface area contributed by atoms with Gasteiger partial charge >= 0.3 is 0 Å². The summed E-state index contributed by atoms with van der Waals surface area (Å²) in [6.07, 6.45) is 6.75. The monoisotopic (exact) mass is 342 g/mol. The first kappa shape index (κ1) is 16.3. The summed E-state index contributed by atoms with van der Waals surface area (Å²) in [6.45, 7) is 0.835. The average Bonchev–Trinajstić information content (AvgIpc) is 2.99. The van der Waals surface area contributed by atoms with Gasteiger partial charge in [0, 0.05) is 35.3 Å². The van der Waals surface area contributed by atoms with Crippen LogP contribution >= 0.6 is 0 Å². The van der Waals surface area contributed by atoms with Crippen molar-refractivity contribution in [1.82, 2.24) is 0 Å². The summed E-state index contributed by atoms with van der Waals surface area (Å²) in [7, 11) is 1.64. The summed E-state index contributed by atoms with van der Waals surface area (Å²) in [6, 6.07) is 20.1. The molecule has 1 aliphatic carbocycles. The Morgan fingerprint density at radius 3 is 2.54 bits per heavy atom. The summed E-state index contributed by atoms with van der Waals surface area (Å²) in [5.74, 6) is 0.906. The van der Waals surface area contributed by atoms with Crippen LogP contribution in [0.2, 0.25) is 0 Å². The molecule has 4 rings (SSSR count). The quantitative estimate of drug-likeness (QED) is 0.532. The fourth-order valence-corrected chi connectivity index (χ4v) is 3.31. The lowest BCUT2D eigenvalue weighted by Gasteiger charge is -2.01. The second kappa shape index (κ2) is 6.96. The number of allylic oxidation sites excluding steroid dienone is 1. The highest BCUT2D eigenvalue weighted by molar-refractivity contribution is 6.15. The molecule has 0 N–H and O–H groups in total. The Hall–Kier alpha value is -3.20. The number of carbonyl (C=O) groups excluding carboxylic acids is 1. The largest absolute Gasteiger partial charge is 0.497 e. The Balaban J connectivity index is 1.53. The minimum Gasteiger partial charge on any atom is -0.497 e. The number of hydrogen-bond acceptors (Lipinski definition) is 2. The van der Waals surface area contributed by atoms with E-state index in [1.54, 1.807) is 7.11 Å². The van der Waals surface area contributed by atoms with E-state index < -0.39 is 0 Å². The van der Waals surface area contributed by atoms with Crippen LogP contribution in [0.15, 0.2) is 78.6 Å². The van der Waals surface area contributed by atoms with Crippen LogP contribution in [0.3, 0.4) is 0 Å². The fraction of sp³-hybridized carbons (Fsp3) is 0.130. The molecule has 0 bridgehead atoms. The molecule has 0 spiro atoms. The molecule has 0 radical (unpaired) electrons. The van der Waals surface area contributed by atoms with Crippen LogP contribution in [0.5, 0.6) is 5.75 Å². The molecule has 1 aliphatic rings. The second-order valence-electron chi connectivity index (χ2n) is 6.49. The van der Waals surface area contributed by atoms with Crippen LogP contribution < -0.4 is 9.30 Å². The average molecular weight is 342 g/mol. The van der Waals surface area contributed by atoms with E-state index in [2.05, 4.69) is 29.1 Å². The molecule has 0 aliphatic heterocycles. The Morgan fingerprint density at radius 1 is 1.04 bits per heavy atom. The van der Waals surface area contributed by atoms with Gasteiger partial charge in [-0.3, -0.25) is 4.79 Å². The number of ether oxygens (including phenoxy) is 1. The Bertz CT molecular complexity index is 973. The molecule has 3 nitrogen and oxygen atoms in total. The van der Waals surface area contributed by atoms with Crippen molar-refractivity contribution in [2.45, 2.75) is 13.0 Å². The van der Waals surface area contributed by atoms with Crippen molar-refractivity contribution in [3.8, 4) is 5.75 Å². The third kappa shape index (κ3) is 3.29. The highest BCUT2D eigenvalue weighted by atomic mass is 16.5. The van der Waals surface area contributed by atoms with Gasteiger partial charge in [0.05, 0.1) is 7.11 Å². The van der Waals surface area contributed by atoms with Gasteiger partial charge in [-0.2, -0.15) is 0 Å². The predicted molar refractivity (Wildman–Crippen MR) is 101 cm³/mol. The van der Waals surface area contributed by atoms with Gasteiger partial charge in [-0.05, 0) is 35.4 Å². The lowest BCUT2D eigenvalue weighted by molar-refractivity contribution is -0.688. The molecule has 2 aromatic carbocycles. The topological polar surface area (TPSA) is 30.2 Å². The fourth-order valence-electron chi connectivity index (χ4n) is 3.31. The third-order valence-electron chi connectivity index (χ3n) is 4.70. The number of benzene rings is 2. The summed E-state index contributed by atoms with van der Waals surface area (Å²) < 4.78 is 7.39. The lowest BCUT2D eigenvalue weighted by Crippen LogP contribution is -2.33. The number of nitrogens with zero attached hydrogens (tertiary/aromatic N) is 1. The first-order chi connectivity index (χ1) is 12.7. The number of fused-ring (bicyclic) bond motifs is 1. The van der Waals surface area contributed by atoms with Gasteiger partial charge in [0.25, 0.3) is 0 Å². The number of aromatic nitrogens is 1. The molecule has 1 heterocycles. The maximum Gasteiger partial charge on any atom is 0.189 e. The van der Waals surface area contributed by atoms with E-state index in [1.165, 1.54) is 5.56 Å². The smallest absolute Gasteiger partial charge is 0.189 e. The van der Waals surface area contributed by atoms with E-state index in [9.17, 15) is 4.79 Å². The lowest BCUT2D eigenvalue weighted by atomic mass is 10.1. The van der Waals surface area contributed by atoms with Gasteiger partial charge in [-0.15, -0.1) is 0 Å². The number of ketones is 1. The van der Waals surface area contributed by atoms with Crippen molar-refractivity contribution in [2.24, 2.45) is 0 Å². The van der Waals surface area contributed by atoms with Crippen molar-refractivity contribution >= 4 is 11.9 Å². The molecule has 0 unspecified atom stereocenters. The van der Waals surface area contributed by atoms with Gasteiger partial charge in [0.2, 0.25) is 0 Å². The first-order valence-electron chi connectivity index (χ1n) is 8.68. The molecule has 0 saturated carbocycles. The maximum atomic E-state index is 12.6. The molecule has 3 heteroatoms. The van der Waals surface area contributed by atoms with E-state index in [1.807, 2.05) is 54.6 Å². The van der Waals surface area contributed by atoms with E-state index >= 15 is 0 Å². The maximum absolute atomic E-state index is 12.6. The summed E-state index contributed by atoms with van der Waals surface area (Å²) >= 11 is 0. The highest BCUT2D eigenvalue weighted by Crippen LogP contribution is 2.30. The van der Waals surface area contributed by atoms with E-state index in [4.69, 9.17) is 4.74 Å². The van der Waals surface area contributed by atoms with E-state index in [0.29, 0.717) is 6.42 Å². The molecule has 0 atom stereocenters. The summed E-state index contributed by atoms with van der Waals surface area (Å²) in [4.78, 5) is 12.6. The van der Waals surface area contributed by atoms with Gasteiger partial charge in [-0.1, -0.05) is 30.3 Å². The first-order valence-corrected chi connectivity index (χ1v) is 8.68. The van der Waals surface area contributed by atoms with Crippen LogP contribution in [-0.4, -0.2) is 12.9 Å². The van der Waals surface area contributed by atoms with Crippen LogP contribution in [0.4, 0.5) is 0 Å². The normalized spacial score (nSPS) is 14.5. The third-order valence-corrected chi connectivity index (χ3v) is 4.70. The van der Waals surface area contributed by atoms with Crippen molar-refractivity contribution < 1.29 is 14.1 Å². The molecule has 0 saturated heterocycles. The molecule has 1 aromatic heterocycles. The number of methoxy groups -OCH3 is 1. The number of pyridine rings is 1. The van der Waals surface area contributed by atoms with Crippen molar-refractivity contribution in [3.63, 3.8) is 0 Å². The molecular weight excluding hydrogens is 322 g/mol. The van der Waals surface area contributed by atoms with Crippen molar-refractivity contribution in [3.05, 3.63) is 101 Å². The summed E-state index contributed by atoms with van der Waals surface area (Å²) in [5, 5.41) is 0. The Morgan fingerprint density at radius 2 is 1.81 bits per heavy atom. The second-order valence-corrected chi connectivity index (χ2v) is 6.49. The van der Waals surface area contributed by atoms with Crippen LogP contribution in [0.1, 0.15) is 27.0 Å². The molecule has 26 heavy (non-hydrogen) atoms. The Kier molecular flexibility index (Phi) is 4.36. The number of rotatable bonds is 4. The zero-order valence-corrected chi connectivity index (χ0v) is 14.7. The molecular formula is C23H20NO2+. The van der Waals surface area contributed by atoms with Crippen LogP contribution in [-0.2, 0) is 13.0 Å². The summed E-state index contributed by atoms with van der Waals surface area (Å²) in [5.41, 5.74) is 4.95. The Labute approximate surface area is 153 Å². The van der Waals surface area contributed by atoms with E-state index in [0.717, 1.165) is 34.6 Å². The van der Waals surface area contributed by atoms with Gasteiger partial charge < -0.3 is 4.74 Å². The zero-order chi connectivity index (χ0) is 17.9. The van der Waals surface area contributed by atoms with Gasteiger partial charge in [-0.25, -0.2) is 4.57 Å². The molecule has 0 fully saturated rings. The minimum atomic E-state index is 0.115. The van der Waals surface area contributed by atoms with Crippen molar-refractivity contribution in [2.75, 3.05) is 7.11 Å². The number of Topliss-reactive ketones (excluding diaryl/α,β-unsaturated/α-hetero) is 1. The highest BCUT2D eigenvalue weighted by Gasteiger charge is 2.25. The van der Waals surface area contributed by atoms with Crippen molar-refractivity contribution in [1.29, 1.82) is 0 Å². The van der Waals surface area contributed by atoms with Gasteiger partial charge in [0.1, 0.15) is 5.75 Å². The molecule has 3 aromatic rings. The SMILES string of the molecule is COc1ccc2c(c1)C/C(=C/c1cc[n+](Cc3ccccc3)cc1)C2=O. The number of hydrogen-bond donors (Lipinski definition) is 0. The molecule has 128 valence electrons. The van der Waals surface area contributed by atoms with Crippen LogP contribution in [0, 0.1) is 0 Å². The van der Waals surface area contributed by atoms with E-state index in [-0.39, 0.29) is 5.78 Å². The van der Waals surface area contributed by atoms with Crippen LogP contribution in [0.25, 0.3) is 6.08 Å². The van der Waals surface area contributed by atoms with Gasteiger partial charge in [0.15, 0.2) is 24.7 Å². The number of carbonyl (C=O) groups is 1. The predicted octanol–water partition coefficient (Wildman–Crippen LogP) is 3.85. The standard InChI is InChI=1S/C23H20NO2/c1-26-21-7-8-22-19(15-21)14-20(23(22)25)13-17-9-11-24(12-10-17)16-18-5-3-2-4-6-18/h2-13,15H,14,16H2,1H3/q+1/b20-13-.